The second-order valence-electron chi connectivity index (χ2n) is 5.40. The summed E-state index contributed by atoms with van der Waals surface area (Å²) in [4.78, 5) is 11.5. The van der Waals surface area contributed by atoms with Gasteiger partial charge in [0, 0.05) is 11.8 Å². The molecule has 0 fully saturated rings. The Balaban J connectivity index is 1.78. The Morgan fingerprint density at radius 1 is 1.15 bits per heavy atom. The van der Waals surface area contributed by atoms with E-state index in [1.165, 1.54) is 6.07 Å². The zero-order valence-corrected chi connectivity index (χ0v) is 14.4. The van der Waals surface area contributed by atoms with Gasteiger partial charge in [-0.15, -0.1) is 0 Å². The van der Waals surface area contributed by atoms with Crippen LogP contribution in [0.15, 0.2) is 40.1 Å². The van der Waals surface area contributed by atoms with Crippen LogP contribution in [0.4, 0.5) is 17.6 Å². The summed E-state index contributed by atoms with van der Waals surface area (Å²) >= 11 is 0.949. The molecule has 2 heterocycles. The minimum Gasteiger partial charge on any atom is -0.338 e. The van der Waals surface area contributed by atoms with E-state index in [1.807, 2.05) is 0 Å². The minimum absolute atomic E-state index is 0.0616. The zero-order chi connectivity index (χ0) is 18.9. The van der Waals surface area contributed by atoms with E-state index < -0.39 is 22.9 Å². The van der Waals surface area contributed by atoms with Crippen molar-refractivity contribution in [3.8, 4) is 11.4 Å². The van der Waals surface area contributed by atoms with Crippen LogP contribution in [-0.2, 0) is 6.18 Å². The lowest BCUT2D eigenvalue weighted by Gasteiger charge is -2.08. The summed E-state index contributed by atoms with van der Waals surface area (Å²) in [5.74, 6) is -0.0306. The SMILES string of the molecule is Cc1ccc(-c2noc(C(C)Sc3nccc(C(F)(F)F)n3)n2)cc1F. The average molecular weight is 384 g/mol. The van der Waals surface area contributed by atoms with Crippen molar-refractivity contribution in [3.63, 3.8) is 0 Å². The molecule has 0 spiro atoms. The summed E-state index contributed by atoms with van der Waals surface area (Å²) in [7, 11) is 0. The summed E-state index contributed by atoms with van der Waals surface area (Å²) in [6.07, 6.45) is -3.51. The minimum atomic E-state index is -4.55. The van der Waals surface area contributed by atoms with Gasteiger partial charge < -0.3 is 4.52 Å². The Hall–Kier alpha value is -2.49. The monoisotopic (exact) mass is 384 g/mol. The first-order valence-corrected chi connectivity index (χ1v) is 8.29. The Kier molecular flexibility index (Phi) is 4.94. The van der Waals surface area contributed by atoms with Crippen LogP contribution in [-0.4, -0.2) is 20.1 Å². The number of hydrogen-bond donors (Lipinski definition) is 0. The highest BCUT2D eigenvalue weighted by Gasteiger charge is 2.33. The van der Waals surface area contributed by atoms with Crippen molar-refractivity contribution in [1.82, 2.24) is 20.1 Å². The van der Waals surface area contributed by atoms with Crippen LogP contribution < -0.4 is 0 Å². The van der Waals surface area contributed by atoms with Gasteiger partial charge in [-0.2, -0.15) is 18.2 Å². The second kappa shape index (κ2) is 7.02. The quantitative estimate of drug-likeness (QED) is 0.364. The van der Waals surface area contributed by atoms with Gasteiger partial charge in [-0.3, -0.25) is 0 Å². The van der Waals surface area contributed by atoms with Gasteiger partial charge in [0.25, 0.3) is 0 Å². The van der Waals surface area contributed by atoms with E-state index in [-0.39, 0.29) is 16.9 Å². The third-order valence-corrected chi connectivity index (χ3v) is 4.39. The lowest BCUT2D eigenvalue weighted by molar-refractivity contribution is -0.141. The Labute approximate surface area is 149 Å². The van der Waals surface area contributed by atoms with Crippen molar-refractivity contribution < 1.29 is 22.1 Å². The summed E-state index contributed by atoms with van der Waals surface area (Å²) in [6.45, 7) is 3.30. The molecule has 0 bridgehead atoms. The number of benzene rings is 1. The molecule has 2 aromatic heterocycles. The highest BCUT2D eigenvalue weighted by atomic mass is 32.2. The standard InChI is InChI=1S/C16H12F4N4OS/c1-8-3-4-10(7-11(8)17)13-23-14(25-24-13)9(2)26-15-21-6-5-12(22-15)16(18,19)20/h3-7,9H,1-2H3. The predicted molar refractivity (Wildman–Crippen MR) is 85.7 cm³/mol. The largest absolute Gasteiger partial charge is 0.433 e. The van der Waals surface area contributed by atoms with Crippen LogP contribution in [0.5, 0.6) is 0 Å². The molecule has 1 unspecified atom stereocenters. The van der Waals surface area contributed by atoms with Crippen LogP contribution in [0.1, 0.15) is 29.3 Å². The highest BCUT2D eigenvalue weighted by Crippen LogP contribution is 2.34. The maximum Gasteiger partial charge on any atom is 0.433 e. The number of alkyl halides is 3. The van der Waals surface area contributed by atoms with Crippen molar-refractivity contribution in [2.45, 2.75) is 30.4 Å². The fraction of sp³-hybridized carbons (Fsp3) is 0.250. The number of rotatable bonds is 4. The van der Waals surface area contributed by atoms with E-state index in [9.17, 15) is 17.6 Å². The van der Waals surface area contributed by atoms with Crippen LogP contribution in [0, 0.1) is 12.7 Å². The summed E-state index contributed by atoms with van der Waals surface area (Å²) in [5.41, 5.74) is -0.0951. The Bertz CT molecular complexity index is 929. The summed E-state index contributed by atoms with van der Waals surface area (Å²) < 4.78 is 56.9. The highest BCUT2D eigenvalue weighted by molar-refractivity contribution is 7.99. The molecule has 0 aliphatic rings. The molecule has 0 aliphatic carbocycles. The van der Waals surface area contributed by atoms with E-state index in [0.717, 1.165) is 24.0 Å². The number of aryl methyl sites for hydroxylation is 1. The molecule has 0 N–H and O–H groups in total. The summed E-state index contributed by atoms with van der Waals surface area (Å²) in [6, 6.07) is 5.33. The number of aromatic nitrogens is 4. The van der Waals surface area contributed by atoms with Crippen molar-refractivity contribution in [2.75, 3.05) is 0 Å². The number of nitrogens with zero attached hydrogens (tertiary/aromatic N) is 4. The molecule has 0 saturated heterocycles. The molecular formula is C16H12F4N4OS. The van der Waals surface area contributed by atoms with Crippen LogP contribution in [0.25, 0.3) is 11.4 Å². The maximum absolute atomic E-state index is 13.7. The fourth-order valence-electron chi connectivity index (χ4n) is 2.01. The molecule has 3 aromatic rings. The second-order valence-corrected chi connectivity index (χ2v) is 6.71. The van der Waals surface area contributed by atoms with Gasteiger partial charge in [0.1, 0.15) is 11.5 Å². The normalized spacial score (nSPS) is 13.0. The topological polar surface area (TPSA) is 64.7 Å². The molecule has 3 rings (SSSR count). The van der Waals surface area contributed by atoms with E-state index >= 15 is 0 Å². The lowest BCUT2D eigenvalue weighted by atomic mass is 10.1. The average Bonchev–Trinajstić information content (AvgIpc) is 3.07. The van der Waals surface area contributed by atoms with Crippen molar-refractivity contribution in [3.05, 3.63) is 53.4 Å². The summed E-state index contributed by atoms with van der Waals surface area (Å²) in [5, 5.41) is 3.24. The van der Waals surface area contributed by atoms with Gasteiger partial charge >= 0.3 is 6.18 Å². The van der Waals surface area contributed by atoms with Crippen molar-refractivity contribution in [1.29, 1.82) is 0 Å². The molecule has 0 radical (unpaired) electrons. The maximum atomic E-state index is 13.7. The molecule has 0 aliphatic heterocycles. The fourth-order valence-corrected chi connectivity index (χ4v) is 2.80. The lowest BCUT2D eigenvalue weighted by Crippen LogP contribution is -2.09. The number of hydrogen-bond acceptors (Lipinski definition) is 6. The van der Waals surface area contributed by atoms with E-state index in [0.29, 0.717) is 11.1 Å². The molecule has 1 aromatic carbocycles. The first-order chi connectivity index (χ1) is 12.2. The van der Waals surface area contributed by atoms with Gasteiger partial charge in [0.05, 0.1) is 5.25 Å². The number of thioether (sulfide) groups is 1. The third-order valence-electron chi connectivity index (χ3n) is 3.43. The molecule has 0 saturated carbocycles. The Morgan fingerprint density at radius 2 is 1.92 bits per heavy atom. The molecule has 5 nitrogen and oxygen atoms in total. The molecule has 26 heavy (non-hydrogen) atoms. The first kappa shape index (κ1) is 18.3. The van der Waals surface area contributed by atoms with Crippen molar-refractivity contribution >= 4 is 11.8 Å². The van der Waals surface area contributed by atoms with Gasteiger partial charge in [-0.1, -0.05) is 29.1 Å². The number of halogens is 4. The van der Waals surface area contributed by atoms with Gasteiger partial charge in [-0.25, -0.2) is 14.4 Å². The van der Waals surface area contributed by atoms with Gasteiger partial charge in [-0.05, 0) is 31.5 Å². The first-order valence-electron chi connectivity index (χ1n) is 7.41. The molecular weight excluding hydrogens is 372 g/mol. The van der Waals surface area contributed by atoms with Crippen LogP contribution in [0.3, 0.4) is 0 Å². The van der Waals surface area contributed by atoms with Crippen LogP contribution >= 0.6 is 11.8 Å². The van der Waals surface area contributed by atoms with Gasteiger partial charge in [0.2, 0.25) is 11.7 Å². The predicted octanol–water partition coefficient (Wildman–Crippen LogP) is 4.85. The molecule has 0 amide bonds. The van der Waals surface area contributed by atoms with Gasteiger partial charge in [0.15, 0.2) is 5.16 Å². The van der Waals surface area contributed by atoms with E-state index in [1.54, 1.807) is 26.0 Å². The molecule has 136 valence electrons. The smallest absolute Gasteiger partial charge is 0.338 e. The van der Waals surface area contributed by atoms with Crippen molar-refractivity contribution in [2.24, 2.45) is 0 Å². The molecule has 10 heteroatoms. The molecule has 1 atom stereocenters. The Morgan fingerprint density at radius 3 is 2.62 bits per heavy atom. The third kappa shape index (κ3) is 4.01. The van der Waals surface area contributed by atoms with E-state index in [2.05, 4.69) is 20.1 Å². The van der Waals surface area contributed by atoms with Crippen LogP contribution in [0.2, 0.25) is 0 Å². The van der Waals surface area contributed by atoms with E-state index in [4.69, 9.17) is 4.52 Å². The zero-order valence-electron chi connectivity index (χ0n) is 13.6.